The molecule has 0 unspecified atom stereocenters. The highest BCUT2D eigenvalue weighted by Crippen LogP contribution is 2.36. The van der Waals surface area contributed by atoms with Crippen molar-refractivity contribution < 1.29 is 14.0 Å². The van der Waals surface area contributed by atoms with E-state index in [1.54, 1.807) is 0 Å². The Hall–Kier alpha value is -1.91. The lowest BCUT2D eigenvalue weighted by Crippen LogP contribution is -2.66. The van der Waals surface area contributed by atoms with E-state index in [0.29, 0.717) is 18.9 Å². The topological polar surface area (TPSA) is 35.5 Å². The second-order valence-electron chi connectivity index (χ2n) is 8.54. The van der Waals surface area contributed by atoms with Gasteiger partial charge in [-0.25, -0.2) is 0 Å². The molecule has 0 aromatic heterocycles. The van der Waals surface area contributed by atoms with Gasteiger partial charge in [-0.05, 0) is 34.2 Å². The van der Waals surface area contributed by atoms with Crippen molar-refractivity contribution in [1.29, 1.82) is 0 Å². The summed E-state index contributed by atoms with van der Waals surface area (Å²) in [6.45, 7) is 9.66. The van der Waals surface area contributed by atoms with E-state index in [-0.39, 0.29) is 11.0 Å². The summed E-state index contributed by atoms with van der Waals surface area (Å²) in [6, 6.07) is 21.4. The molecule has 0 radical (unpaired) electrons. The van der Waals surface area contributed by atoms with Crippen molar-refractivity contribution in [3.63, 3.8) is 0 Å². The maximum absolute atomic E-state index is 11.5. The number of hydrogen-bond donors (Lipinski definition) is 0. The molecule has 0 aliphatic carbocycles. The number of methoxy groups -OCH3 is 1. The lowest BCUT2D eigenvalue weighted by Gasteiger charge is -2.43. The van der Waals surface area contributed by atoms with Gasteiger partial charge in [0, 0.05) is 13.0 Å². The van der Waals surface area contributed by atoms with Gasteiger partial charge in [0.15, 0.2) is 0 Å². The van der Waals surface area contributed by atoms with Crippen LogP contribution in [0.1, 0.15) is 47.0 Å². The van der Waals surface area contributed by atoms with E-state index in [1.165, 1.54) is 17.5 Å². The minimum atomic E-state index is -2.45. The third-order valence-corrected chi connectivity index (χ3v) is 10.4. The van der Waals surface area contributed by atoms with E-state index < -0.39 is 8.32 Å². The molecule has 2 rings (SSSR count). The lowest BCUT2D eigenvalue weighted by molar-refractivity contribution is -0.141. The summed E-state index contributed by atoms with van der Waals surface area (Å²) >= 11 is 0. The zero-order valence-electron chi connectivity index (χ0n) is 17.9. The molecule has 2 aromatic rings. The van der Waals surface area contributed by atoms with Gasteiger partial charge in [0.2, 0.25) is 0 Å². The highest BCUT2D eigenvalue weighted by Gasteiger charge is 2.49. The number of carbonyl (C=O) groups excluding carboxylic acids is 1. The quantitative estimate of drug-likeness (QED) is 0.353. The Balaban J connectivity index is 2.23. The fourth-order valence-electron chi connectivity index (χ4n) is 3.89. The molecule has 0 aliphatic rings. The van der Waals surface area contributed by atoms with Gasteiger partial charge in [-0.1, -0.05) is 88.4 Å². The lowest BCUT2D eigenvalue weighted by atomic mass is 10.0. The second kappa shape index (κ2) is 10.0. The maximum Gasteiger partial charge on any atom is 0.305 e. The Labute approximate surface area is 171 Å². The van der Waals surface area contributed by atoms with E-state index >= 15 is 0 Å². The average Bonchev–Trinajstić information content (AvgIpc) is 2.68. The van der Waals surface area contributed by atoms with Gasteiger partial charge in [-0.2, -0.15) is 0 Å². The summed E-state index contributed by atoms with van der Waals surface area (Å²) in [6.07, 6.45) is 2.35. The molecule has 0 spiro atoms. The number of ether oxygens (including phenoxy) is 1. The smallest absolute Gasteiger partial charge is 0.305 e. The molecule has 0 saturated heterocycles. The second-order valence-corrected chi connectivity index (χ2v) is 12.8. The van der Waals surface area contributed by atoms with Crippen LogP contribution in [0, 0.1) is 5.92 Å². The first-order valence-corrected chi connectivity index (χ1v) is 12.0. The van der Waals surface area contributed by atoms with Crippen LogP contribution in [-0.2, 0) is 14.0 Å². The molecular weight excluding hydrogens is 364 g/mol. The first kappa shape index (κ1) is 22.4. The molecule has 1 atom stereocenters. The first-order chi connectivity index (χ1) is 13.3. The van der Waals surface area contributed by atoms with Crippen LogP contribution in [0.15, 0.2) is 60.7 Å². The molecule has 0 fully saturated rings. The monoisotopic (exact) mass is 398 g/mol. The SMILES string of the molecule is COC(=O)C[C@@H](C)CCCO[Si](c1ccccc1)(c1ccccc1)C(C)(C)C. The van der Waals surface area contributed by atoms with Gasteiger partial charge < -0.3 is 9.16 Å². The van der Waals surface area contributed by atoms with Crippen LogP contribution in [0.5, 0.6) is 0 Å². The number of hydrogen-bond acceptors (Lipinski definition) is 3. The average molecular weight is 399 g/mol. The van der Waals surface area contributed by atoms with Crippen LogP contribution < -0.4 is 10.4 Å². The van der Waals surface area contributed by atoms with E-state index in [2.05, 4.69) is 88.4 Å². The van der Waals surface area contributed by atoms with Gasteiger partial charge in [0.05, 0.1) is 7.11 Å². The van der Waals surface area contributed by atoms with Crippen molar-refractivity contribution in [3.05, 3.63) is 60.7 Å². The minimum Gasteiger partial charge on any atom is -0.469 e. The van der Waals surface area contributed by atoms with Crippen molar-refractivity contribution in [3.8, 4) is 0 Å². The summed E-state index contributed by atoms with van der Waals surface area (Å²) in [7, 11) is -1.01. The summed E-state index contributed by atoms with van der Waals surface area (Å²) in [5.74, 6) is 0.163. The Kier molecular flexibility index (Phi) is 8.02. The van der Waals surface area contributed by atoms with Gasteiger partial charge >= 0.3 is 5.97 Å². The van der Waals surface area contributed by atoms with Crippen molar-refractivity contribution in [2.24, 2.45) is 5.92 Å². The maximum atomic E-state index is 11.5. The molecule has 3 nitrogen and oxygen atoms in total. The molecular formula is C24H34O3Si. The summed E-state index contributed by atoms with van der Waals surface area (Å²) in [4.78, 5) is 11.5. The van der Waals surface area contributed by atoms with Gasteiger partial charge in [0.25, 0.3) is 8.32 Å². The molecule has 0 N–H and O–H groups in total. The Morgan fingerprint density at radius 3 is 1.89 bits per heavy atom. The highest BCUT2D eigenvalue weighted by atomic mass is 28.4. The molecule has 28 heavy (non-hydrogen) atoms. The van der Waals surface area contributed by atoms with Crippen LogP contribution in [-0.4, -0.2) is 28.0 Å². The Morgan fingerprint density at radius 2 is 1.46 bits per heavy atom. The predicted molar refractivity (Wildman–Crippen MR) is 119 cm³/mol. The molecule has 2 aromatic carbocycles. The van der Waals surface area contributed by atoms with Crippen LogP contribution in [0.25, 0.3) is 0 Å². The number of benzene rings is 2. The van der Waals surface area contributed by atoms with Crippen LogP contribution in [0.4, 0.5) is 0 Å². The number of rotatable bonds is 9. The number of esters is 1. The molecule has 0 saturated carbocycles. The molecule has 4 heteroatoms. The highest BCUT2D eigenvalue weighted by molar-refractivity contribution is 6.99. The van der Waals surface area contributed by atoms with Crippen molar-refractivity contribution >= 4 is 24.7 Å². The third kappa shape index (κ3) is 5.33. The fraction of sp³-hybridized carbons (Fsp3) is 0.458. The van der Waals surface area contributed by atoms with Crippen molar-refractivity contribution in [2.75, 3.05) is 13.7 Å². The van der Waals surface area contributed by atoms with Gasteiger partial charge in [0.1, 0.15) is 0 Å². The first-order valence-electron chi connectivity index (χ1n) is 10.1. The van der Waals surface area contributed by atoms with E-state index in [4.69, 9.17) is 9.16 Å². The Bertz CT molecular complexity index is 683. The molecule has 0 amide bonds. The van der Waals surface area contributed by atoms with E-state index in [9.17, 15) is 4.79 Å². The Morgan fingerprint density at radius 1 is 0.964 bits per heavy atom. The van der Waals surface area contributed by atoms with Gasteiger partial charge in [-0.15, -0.1) is 0 Å². The third-order valence-electron chi connectivity index (χ3n) is 5.32. The van der Waals surface area contributed by atoms with Crippen molar-refractivity contribution in [2.45, 2.75) is 52.0 Å². The largest absolute Gasteiger partial charge is 0.469 e. The molecule has 0 bridgehead atoms. The van der Waals surface area contributed by atoms with Crippen molar-refractivity contribution in [1.82, 2.24) is 0 Å². The fourth-order valence-corrected chi connectivity index (χ4v) is 8.49. The molecule has 0 heterocycles. The summed E-state index contributed by atoms with van der Waals surface area (Å²) in [5.41, 5.74) is 0. The summed E-state index contributed by atoms with van der Waals surface area (Å²) in [5, 5.41) is 2.60. The zero-order valence-corrected chi connectivity index (χ0v) is 18.9. The zero-order chi connectivity index (χ0) is 20.6. The van der Waals surface area contributed by atoms with Crippen LogP contribution in [0.2, 0.25) is 5.04 Å². The summed E-state index contributed by atoms with van der Waals surface area (Å²) < 4.78 is 11.6. The van der Waals surface area contributed by atoms with Crippen LogP contribution in [0.3, 0.4) is 0 Å². The van der Waals surface area contributed by atoms with E-state index in [1.807, 2.05) is 0 Å². The van der Waals surface area contributed by atoms with Crippen LogP contribution >= 0.6 is 0 Å². The molecule has 152 valence electrons. The molecule has 0 aliphatic heterocycles. The van der Waals surface area contributed by atoms with E-state index in [0.717, 1.165) is 12.8 Å². The standard InChI is InChI=1S/C24H34O3Si/c1-20(19-23(25)26-5)13-12-18-27-28(24(2,3)4,21-14-8-6-9-15-21)22-16-10-7-11-17-22/h6-11,14-17,20H,12-13,18-19H2,1-5H3/t20-/m0/s1. The number of carbonyl (C=O) groups is 1. The van der Waals surface area contributed by atoms with Gasteiger partial charge in [-0.3, -0.25) is 4.79 Å². The predicted octanol–water partition coefficient (Wildman–Crippen LogP) is 4.54. The normalized spacial score (nSPS) is 13.2. The minimum absolute atomic E-state index is 0.00661.